The second kappa shape index (κ2) is 9.66. The zero-order chi connectivity index (χ0) is 14.8. The molecule has 20 heavy (non-hydrogen) atoms. The maximum atomic E-state index is 11.3. The predicted molar refractivity (Wildman–Crippen MR) is 83.5 cm³/mol. The van der Waals surface area contributed by atoms with Crippen LogP contribution in [0.25, 0.3) is 0 Å². The monoisotopic (exact) mass is 297 g/mol. The molecule has 1 amide bonds. The molecule has 0 unspecified atom stereocenters. The lowest BCUT2D eigenvalue weighted by atomic mass is 10.0. The molecule has 5 heteroatoms. The van der Waals surface area contributed by atoms with E-state index in [9.17, 15) is 9.90 Å². The Morgan fingerprint density at radius 2 is 2.00 bits per heavy atom. The van der Waals surface area contributed by atoms with Crippen molar-refractivity contribution in [1.29, 1.82) is 0 Å². The molecule has 0 saturated heterocycles. The lowest BCUT2D eigenvalue weighted by Gasteiger charge is -2.23. The SMILES string of the molecule is C[C@H](CN(CCSCCCO)C(=O)O)c1ccccc1. The third kappa shape index (κ3) is 6.30. The third-order valence-electron chi connectivity index (χ3n) is 3.09. The Bertz CT molecular complexity index is 386. The topological polar surface area (TPSA) is 60.8 Å². The van der Waals surface area contributed by atoms with Crippen molar-refractivity contribution in [2.45, 2.75) is 19.3 Å². The molecule has 0 spiro atoms. The van der Waals surface area contributed by atoms with Crippen molar-refractivity contribution >= 4 is 17.9 Å². The van der Waals surface area contributed by atoms with Gasteiger partial charge >= 0.3 is 6.09 Å². The minimum Gasteiger partial charge on any atom is -0.465 e. The largest absolute Gasteiger partial charge is 0.465 e. The van der Waals surface area contributed by atoms with Gasteiger partial charge in [-0.25, -0.2) is 4.79 Å². The highest BCUT2D eigenvalue weighted by Gasteiger charge is 2.16. The number of aliphatic hydroxyl groups is 1. The van der Waals surface area contributed by atoms with E-state index in [4.69, 9.17) is 5.11 Å². The van der Waals surface area contributed by atoms with Crippen molar-refractivity contribution in [1.82, 2.24) is 4.90 Å². The maximum Gasteiger partial charge on any atom is 0.407 e. The molecule has 0 saturated carbocycles. The molecule has 1 aromatic carbocycles. The normalized spacial score (nSPS) is 12.1. The van der Waals surface area contributed by atoms with Crippen molar-refractivity contribution in [3.8, 4) is 0 Å². The molecule has 0 aromatic heterocycles. The molecule has 4 nitrogen and oxygen atoms in total. The first-order chi connectivity index (χ1) is 9.65. The van der Waals surface area contributed by atoms with Crippen LogP contribution in [0.2, 0.25) is 0 Å². The summed E-state index contributed by atoms with van der Waals surface area (Å²) in [5.74, 6) is 1.83. The number of rotatable bonds is 9. The highest BCUT2D eigenvalue weighted by molar-refractivity contribution is 7.99. The molecule has 1 rings (SSSR count). The van der Waals surface area contributed by atoms with Crippen molar-refractivity contribution in [3.05, 3.63) is 35.9 Å². The van der Waals surface area contributed by atoms with E-state index >= 15 is 0 Å². The lowest BCUT2D eigenvalue weighted by Crippen LogP contribution is -2.34. The van der Waals surface area contributed by atoms with Gasteiger partial charge in [-0.1, -0.05) is 37.3 Å². The van der Waals surface area contributed by atoms with E-state index in [1.807, 2.05) is 37.3 Å². The zero-order valence-electron chi connectivity index (χ0n) is 11.9. The first-order valence-corrected chi connectivity index (χ1v) is 8.02. The summed E-state index contributed by atoms with van der Waals surface area (Å²) in [4.78, 5) is 12.7. The minimum absolute atomic E-state index is 0.190. The van der Waals surface area contributed by atoms with Crippen LogP contribution < -0.4 is 0 Å². The van der Waals surface area contributed by atoms with Gasteiger partial charge in [0, 0.05) is 25.4 Å². The van der Waals surface area contributed by atoms with Gasteiger partial charge in [0.15, 0.2) is 0 Å². The average molecular weight is 297 g/mol. The molecular weight excluding hydrogens is 274 g/mol. The van der Waals surface area contributed by atoms with Gasteiger partial charge in [-0.3, -0.25) is 0 Å². The number of benzene rings is 1. The van der Waals surface area contributed by atoms with E-state index in [-0.39, 0.29) is 12.5 Å². The summed E-state index contributed by atoms with van der Waals surface area (Å²) in [6, 6.07) is 9.97. The van der Waals surface area contributed by atoms with Crippen LogP contribution in [0.1, 0.15) is 24.8 Å². The van der Waals surface area contributed by atoms with Crippen LogP contribution in [-0.4, -0.2) is 52.4 Å². The Morgan fingerprint density at radius 1 is 1.30 bits per heavy atom. The second-order valence-electron chi connectivity index (χ2n) is 4.73. The quantitative estimate of drug-likeness (QED) is 0.688. The van der Waals surface area contributed by atoms with Gasteiger partial charge in [-0.2, -0.15) is 11.8 Å². The molecule has 0 radical (unpaired) electrons. The molecule has 1 aromatic rings. The van der Waals surface area contributed by atoms with E-state index in [0.29, 0.717) is 13.1 Å². The van der Waals surface area contributed by atoms with Gasteiger partial charge < -0.3 is 15.1 Å². The fourth-order valence-corrected chi connectivity index (χ4v) is 2.81. The highest BCUT2D eigenvalue weighted by Crippen LogP contribution is 2.16. The average Bonchev–Trinajstić information content (AvgIpc) is 2.46. The summed E-state index contributed by atoms with van der Waals surface area (Å²) in [5, 5.41) is 17.9. The van der Waals surface area contributed by atoms with E-state index in [0.717, 1.165) is 23.5 Å². The number of nitrogens with zero attached hydrogens (tertiary/aromatic N) is 1. The van der Waals surface area contributed by atoms with Gasteiger partial charge in [0.05, 0.1) is 0 Å². The van der Waals surface area contributed by atoms with Crippen LogP contribution in [0.4, 0.5) is 4.79 Å². The number of amides is 1. The standard InChI is InChI=1S/C15H23NO3S/c1-13(14-6-3-2-4-7-14)12-16(15(18)19)8-11-20-10-5-9-17/h2-4,6-7,13,17H,5,8-12H2,1H3,(H,18,19)/t13-/m1/s1. The molecule has 0 fully saturated rings. The predicted octanol–water partition coefficient (Wildman–Crippen LogP) is 2.89. The number of carbonyl (C=O) groups is 1. The minimum atomic E-state index is -0.865. The number of carboxylic acid groups (broad SMARTS) is 1. The Labute approximate surface area is 124 Å². The van der Waals surface area contributed by atoms with Crippen molar-refractivity contribution in [3.63, 3.8) is 0 Å². The van der Waals surface area contributed by atoms with E-state index in [1.165, 1.54) is 4.90 Å². The number of aliphatic hydroxyl groups excluding tert-OH is 1. The molecule has 0 aliphatic rings. The Kier molecular flexibility index (Phi) is 8.14. The summed E-state index contributed by atoms with van der Waals surface area (Å²) in [6.45, 7) is 3.29. The van der Waals surface area contributed by atoms with E-state index < -0.39 is 6.09 Å². The summed E-state index contributed by atoms with van der Waals surface area (Å²) in [7, 11) is 0. The Hall–Kier alpha value is -1.20. The molecule has 0 bridgehead atoms. The summed E-state index contributed by atoms with van der Waals surface area (Å²) in [5.41, 5.74) is 1.16. The van der Waals surface area contributed by atoms with Crippen molar-refractivity contribution in [2.75, 3.05) is 31.2 Å². The molecule has 0 aliphatic heterocycles. The molecule has 2 N–H and O–H groups in total. The van der Waals surface area contributed by atoms with Gasteiger partial charge in [0.1, 0.15) is 0 Å². The van der Waals surface area contributed by atoms with Gasteiger partial charge in [-0.15, -0.1) is 0 Å². The van der Waals surface area contributed by atoms with Crippen LogP contribution >= 0.6 is 11.8 Å². The molecule has 0 heterocycles. The number of thioether (sulfide) groups is 1. The lowest BCUT2D eigenvalue weighted by molar-refractivity contribution is 0.146. The van der Waals surface area contributed by atoms with Gasteiger partial charge in [-0.05, 0) is 23.7 Å². The first-order valence-electron chi connectivity index (χ1n) is 6.86. The first kappa shape index (κ1) is 16.9. The molecular formula is C15H23NO3S. The third-order valence-corrected chi connectivity index (χ3v) is 4.13. The summed E-state index contributed by atoms with van der Waals surface area (Å²) < 4.78 is 0. The molecule has 0 aliphatic carbocycles. The Balaban J connectivity index is 2.40. The summed E-state index contributed by atoms with van der Waals surface area (Å²) >= 11 is 1.68. The van der Waals surface area contributed by atoms with Crippen LogP contribution in [0.3, 0.4) is 0 Å². The smallest absolute Gasteiger partial charge is 0.407 e. The molecule has 1 atom stereocenters. The van der Waals surface area contributed by atoms with Crippen LogP contribution in [0.15, 0.2) is 30.3 Å². The Morgan fingerprint density at radius 3 is 2.60 bits per heavy atom. The fourth-order valence-electron chi connectivity index (χ4n) is 1.93. The fraction of sp³-hybridized carbons (Fsp3) is 0.533. The van der Waals surface area contributed by atoms with Crippen LogP contribution in [0, 0.1) is 0 Å². The van der Waals surface area contributed by atoms with E-state index in [2.05, 4.69) is 0 Å². The van der Waals surface area contributed by atoms with E-state index in [1.54, 1.807) is 11.8 Å². The summed E-state index contributed by atoms with van der Waals surface area (Å²) in [6.07, 6.45) is -0.103. The van der Waals surface area contributed by atoms with Gasteiger partial charge in [0.25, 0.3) is 0 Å². The van der Waals surface area contributed by atoms with Crippen LogP contribution in [0.5, 0.6) is 0 Å². The second-order valence-corrected chi connectivity index (χ2v) is 5.95. The molecule has 112 valence electrons. The highest BCUT2D eigenvalue weighted by atomic mass is 32.2. The van der Waals surface area contributed by atoms with Crippen molar-refractivity contribution < 1.29 is 15.0 Å². The number of hydrogen-bond donors (Lipinski definition) is 2. The van der Waals surface area contributed by atoms with Gasteiger partial charge in [0.2, 0.25) is 0 Å². The number of hydrogen-bond acceptors (Lipinski definition) is 3. The maximum absolute atomic E-state index is 11.3. The zero-order valence-corrected chi connectivity index (χ0v) is 12.7. The van der Waals surface area contributed by atoms with Crippen molar-refractivity contribution in [2.24, 2.45) is 0 Å². The van der Waals surface area contributed by atoms with Crippen LogP contribution in [-0.2, 0) is 0 Å².